The molecule has 0 saturated heterocycles. The molecule has 0 unspecified atom stereocenters. The van der Waals surface area contributed by atoms with Gasteiger partial charge < -0.3 is 5.32 Å². The third-order valence-corrected chi connectivity index (χ3v) is 5.60. The molecular weight excluding hydrogens is 325 g/mol. The first-order valence-corrected chi connectivity index (χ1v) is 8.56. The summed E-state index contributed by atoms with van der Waals surface area (Å²) in [4.78, 5) is 12.4. The van der Waals surface area contributed by atoms with Crippen LogP contribution in [-0.4, -0.2) is 14.3 Å². The zero-order valence-electron chi connectivity index (χ0n) is 9.97. The fourth-order valence-electron chi connectivity index (χ4n) is 1.49. The third-order valence-electron chi connectivity index (χ3n) is 2.42. The second-order valence-electron chi connectivity index (χ2n) is 3.82. The summed E-state index contributed by atoms with van der Waals surface area (Å²) >= 11 is 0.953. The van der Waals surface area contributed by atoms with Gasteiger partial charge >= 0.3 is 0 Å². The molecule has 1 N–H and O–H groups in total. The highest BCUT2D eigenvalue weighted by Gasteiger charge is 2.14. The number of hydrogen-bond donors (Lipinski definition) is 1. The highest BCUT2D eigenvalue weighted by atomic mass is 35.7. The van der Waals surface area contributed by atoms with Gasteiger partial charge in [0.15, 0.2) is 0 Å². The zero-order chi connectivity index (χ0) is 14.8. The lowest BCUT2D eigenvalue weighted by molar-refractivity contribution is 0.0947. The van der Waals surface area contributed by atoms with Crippen LogP contribution in [0.1, 0.15) is 15.2 Å². The minimum atomic E-state index is -3.76. The summed E-state index contributed by atoms with van der Waals surface area (Å²) in [6.07, 6.45) is 0. The van der Waals surface area contributed by atoms with Crippen molar-refractivity contribution >= 4 is 37.0 Å². The zero-order valence-corrected chi connectivity index (χ0v) is 12.4. The Labute approximate surface area is 123 Å². The Morgan fingerprint density at radius 1 is 1.25 bits per heavy atom. The summed E-state index contributed by atoms with van der Waals surface area (Å²) in [7, 11) is 1.44. The molecule has 1 aromatic heterocycles. The number of amides is 1. The molecule has 0 bridgehead atoms. The van der Waals surface area contributed by atoms with Gasteiger partial charge in [-0.15, -0.1) is 11.3 Å². The van der Waals surface area contributed by atoms with E-state index in [1.54, 1.807) is 12.1 Å². The average molecular weight is 334 g/mol. The maximum absolute atomic E-state index is 13.4. The fraction of sp³-hybridized carbons (Fsp3) is 0.0833. The molecule has 8 heteroatoms. The van der Waals surface area contributed by atoms with Crippen molar-refractivity contribution in [3.8, 4) is 0 Å². The molecule has 0 spiro atoms. The van der Waals surface area contributed by atoms with Crippen molar-refractivity contribution in [1.82, 2.24) is 5.32 Å². The van der Waals surface area contributed by atoms with E-state index in [0.717, 1.165) is 11.3 Å². The monoisotopic (exact) mass is 333 g/mol. The number of carbonyl (C=O) groups excluding carboxylic acids is 1. The van der Waals surface area contributed by atoms with E-state index in [0.29, 0.717) is 4.88 Å². The third kappa shape index (κ3) is 3.56. The summed E-state index contributed by atoms with van der Waals surface area (Å²) in [6.45, 7) is 0.101. The Balaban J connectivity index is 2.04. The van der Waals surface area contributed by atoms with Crippen molar-refractivity contribution in [2.45, 2.75) is 10.8 Å². The van der Waals surface area contributed by atoms with E-state index in [4.69, 9.17) is 10.7 Å². The highest BCUT2D eigenvalue weighted by Crippen LogP contribution is 2.24. The largest absolute Gasteiger partial charge is 0.347 e. The van der Waals surface area contributed by atoms with Gasteiger partial charge in [-0.3, -0.25) is 4.79 Å². The summed E-state index contributed by atoms with van der Waals surface area (Å²) < 4.78 is 35.6. The minimum absolute atomic E-state index is 0.00862. The molecule has 0 fully saturated rings. The highest BCUT2D eigenvalue weighted by molar-refractivity contribution is 8.15. The van der Waals surface area contributed by atoms with Crippen LogP contribution in [0.2, 0.25) is 0 Å². The number of rotatable bonds is 4. The molecule has 106 valence electrons. The lowest BCUT2D eigenvalue weighted by Crippen LogP contribution is -2.23. The van der Waals surface area contributed by atoms with E-state index in [9.17, 15) is 17.6 Å². The van der Waals surface area contributed by atoms with E-state index in [1.165, 1.54) is 24.3 Å². The number of halogens is 2. The second kappa shape index (κ2) is 5.90. The second-order valence-corrected chi connectivity index (χ2v) is 7.78. The summed E-state index contributed by atoms with van der Waals surface area (Å²) in [5.74, 6) is -1.17. The Kier molecular flexibility index (Phi) is 4.42. The Bertz CT molecular complexity index is 743. The van der Waals surface area contributed by atoms with Gasteiger partial charge in [0.1, 0.15) is 10.0 Å². The van der Waals surface area contributed by atoms with Gasteiger partial charge in [0.25, 0.3) is 15.0 Å². The van der Waals surface area contributed by atoms with Gasteiger partial charge in [-0.1, -0.05) is 12.1 Å². The standard InChI is InChI=1S/C12H9ClFNO3S2/c13-20(17,18)11-6-5-8(19-11)7-15-12(16)9-3-1-2-4-10(9)14/h1-6H,7H2,(H,15,16). The van der Waals surface area contributed by atoms with Gasteiger partial charge in [-0.05, 0) is 24.3 Å². The molecule has 0 radical (unpaired) electrons. The van der Waals surface area contributed by atoms with Crippen molar-refractivity contribution in [2.24, 2.45) is 0 Å². The molecule has 20 heavy (non-hydrogen) atoms. The van der Waals surface area contributed by atoms with Crippen LogP contribution in [0.25, 0.3) is 0 Å². The van der Waals surface area contributed by atoms with Crippen molar-refractivity contribution in [1.29, 1.82) is 0 Å². The van der Waals surface area contributed by atoms with Crippen molar-refractivity contribution in [3.63, 3.8) is 0 Å². The molecule has 0 atom stereocenters. The summed E-state index contributed by atoms with van der Waals surface area (Å²) in [5, 5.41) is 2.51. The van der Waals surface area contributed by atoms with E-state index in [1.807, 2.05) is 0 Å². The molecule has 0 aliphatic carbocycles. The van der Waals surface area contributed by atoms with Crippen LogP contribution in [0.5, 0.6) is 0 Å². The molecule has 0 aliphatic rings. The first-order valence-electron chi connectivity index (χ1n) is 5.44. The van der Waals surface area contributed by atoms with E-state index in [-0.39, 0.29) is 16.3 Å². The summed E-state index contributed by atoms with van der Waals surface area (Å²) in [6, 6.07) is 8.51. The Morgan fingerprint density at radius 2 is 1.95 bits per heavy atom. The summed E-state index contributed by atoms with van der Waals surface area (Å²) in [5.41, 5.74) is -0.0609. The van der Waals surface area contributed by atoms with Crippen LogP contribution in [0.3, 0.4) is 0 Å². The number of benzene rings is 1. The van der Waals surface area contributed by atoms with Gasteiger partial charge in [0.2, 0.25) is 0 Å². The Morgan fingerprint density at radius 3 is 2.55 bits per heavy atom. The molecule has 1 amide bonds. The van der Waals surface area contributed by atoms with Crippen molar-refractivity contribution in [2.75, 3.05) is 0 Å². The lowest BCUT2D eigenvalue weighted by Gasteiger charge is -2.04. The SMILES string of the molecule is O=C(NCc1ccc(S(=O)(=O)Cl)s1)c1ccccc1F. The van der Waals surface area contributed by atoms with E-state index >= 15 is 0 Å². The number of thiophene rings is 1. The van der Waals surface area contributed by atoms with Crippen molar-refractivity contribution < 1.29 is 17.6 Å². The van der Waals surface area contributed by atoms with Crippen molar-refractivity contribution in [3.05, 3.63) is 52.7 Å². The first kappa shape index (κ1) is 15.0. The normalized spacial score (nSPS) is 11.3. The number of nitrogens with one attached hydrogen (secondary N) is 1. The fourth-order valence-corrected chi connectivity index (χ4v) is 3.55. The molecular formula is C12H9ClFNO3S2. The molecule has 1 heterocycles. The van der Waals surface area contributed by atoms with Gasteiger partial charge in [-0.2, -0.15) is 0 Å². The predicted octanol–water partition coefficient (Wildman–Crippen LogP) is 2.74. The molecule has 0 aliphatic heterocycles. The van der Waals surface area contributed by atoms with Crippen LogP contribution in [0.4, 0.5) is 4.39 Å². The predicted molar refractivity (Wildman–Crippen MR) is 74.9 cm³/mol. The number of hydrogen-bond acceptors (Lipinski definition) is 4. The van der Waals surface area contributed by atoms with E-state index < -0.39 is 20.8 Å². The molecule has 0 saturated carbocycles. The van der Waals surface area contributed by atoms with Crippen LogP contribution in [0, 0.1) is 5.82 Å². The van der Waals surface area contributed by atoms with E-state index in [2.05, 4.69) is 5.32 Å². The Hall–Kier alpha value is -1.44. The lowest BCUT2D eigenvalue weighted by atomic mass is 10.2. The average Bonchev–Trinajstić information content (AvgIpc) is 2.85. The van der Waals surface area contributed by atoms with Gasteiger partial charge in [0, 0.05) is 15.6 Å². The van der Waals surface area contributed by atoms with Crippen LogP contribution in [0.15, 0.2) is 40.6 Å². The maximum atomic E-state index is 13.4. The molecule has 2 aromatic rings. The van der Waals surface area contributed by atoms with Crippen LogP contribution >= 0.6 is 22.0 Å². The number of carbonyl (C=O) groups is 1. The van der Waals surface area contributed by atoms with Crippen LogP contribution < -0.4 is 5.32 Å². The van der Waals surface area contributed by atoms with Gasteiger partial charge in [-0.25, -0.2) is 12.8 Å². The molecule has 2 rings (SSSR count). The smallest absolute Gasteiger partial charge is 0.270 e. The maximum Gasteiger partial charge on any atom is 0.270 e. The molecule has 1 aromatic carbocycles. The van der Waals surface area contributed by atoms with Crippen LogP contribution in [-0.2, 0) is 15.6 Å². The quantitative estimate of drug-likeness (QED) is 0.875. The topological polar surface area (TPSA) is 63.2 Å². The first-order chi connectivity index (χ1) is 9.38. The minimum Gasteiger partial charge on any atom is -0.347 e. The van der Waals surface area contributed by atoms with Gasteiger partial charge in [0.05, 0.1) is 12.1 Å². The molecule has 4 nitrogen and oxygen atoms in total.